The summed E-state index contributed by atoms with van der Waals surface area (Å²) < 4.78 is 0. The fourth-order valence-electron chi connectivity index (χ4n) is 1.73. The monoisotopic (exact) mass is 290 g/mol. The predicted octanol–water partition coefficient (Wildman–Crippen LogP) is 0.272. The third kappa shape index (κ3) is 10.8. The first-order chi connectivity index (χ1) is 9.61. The van der Waals surface area contributed by atoms with Gasteiger partial charge in [-0.15, -0.1) is 5.01 Å². The van der Waals surface area contributed by atoms with E-state index in [0.717, 1.165) is 38.9 Å². The number of hydrazine groups is 1. The Morgan fingerprint density at radius 2 is 1.80 bits per heavy atom. The van der Waals surface area contributed by atoms with Gasteiger partial charge in [-0.25, -0.2) is 0 Å². The van der Waals surface area contributed by atoms with Gasteiger partial charge in [-0.3, -0.25) is 0 Å². The van der Waals surface area contributed by atoms with Gasteiger partial charge >= 0.3 is 0 Å². The molecule has 0 aromatic carbocycles. The molecule has 0 saturated heterocycles. The highest BCUT2D eigenvalue weighted by molar-refractivity contribution is 4.56. The third-order valence-electron chi connectivity index (χ3n) is 2.79. The maximum atomic E-state index is 11.4. The van der Waals surface area contributed by atoms with E-state index in [0.29, 0.717) is 25.7 Å². The van der Waals surface area contributed by atoms with Gasteiger partial charge in [-0.05, 0) is 45.4 Å². The number of hydrogen-bond acceptors (Lipinski definition) is 5. The molecule has 0 radical (unpaired) electrons. The van der Waals surface area contributed by atoms with Crippen molar-refractivity contribution in [3.8, 4) is 0 Å². The molecule has 0 amide bonds. The Labute approximate surface area is 121 Å². The minimum Gasteiger partial charge on any atom is -0.569 e. The second kappa shape index (κ2) is 12.9. The SMILES string of the molecule is CC(C)NCCCN(CCCNCCCN)/[N+]([O-])=N/O. The molecule has 0 heterocycles. The molecular formula is C12H30N6O2. The van der Waals surface area contributed by atoms with E-state index in [1.54, 1.807) is 0 Å². The maximum absolute atomic E-state index is 11.4. The molecule has 0 saturated carbocycles. The van der Waals surface area contributed by atoms with Gasteiger partial charge in [0.25, 0.3) is 0 Å². The zero-order valence-electron chi connectivity index (χ0n) is 12.7. The van der Waals surface area contributed by atoms with Crippen LogP contribution in [0.25, 0.3) is 0 Å². The normalized spacial score (nSPS) is 12.1. The van der Waals surface area contributed by atoms with Crippen LogP contribution in [0.1, 0.15) is 33.1 Å². The lowest BCUT2D eigenvalue weighted by Crippen LogP contribution is -2.36. The van der Waals surface area contributed by atoms with E-state index in [1.165, 1.54) is 5.01 Å². The zero-order valence-corrected chi connectivity index (χ0v) is 12.7. The molecule has 0 aliphatic rings. The predicted molar refractivity (Wildman–Crippen MR) is 78.3 cm³/mol. The third-order valence-corrected chi connectivity index (χ3v) is 2.79. The topological polar surface area (TPSA) is 112 Å². The van der Waals surface area contributed by atoms with Crippen LogP contribution in [0.4, 0.5) is 0 Å². The molecule has 8 heteroatoms. The van der Waals surface area contributed by atoms with Gasteiger partial charge in [-0.1, -0.05) is 13.8 Å². The minimum absolute atomic E-state index is 0.259. The Kier molecular flexibility index (Phi) is 12.2. The fraction of sp³-hybridized carbons (Fsp3) is 1.00. The van der Waals surface area contributed by atoms with Gasteiger partial charge in [-0.2, -0.15) is 0 Å². The van der Waals surface area contributed by atoms with E-state index < -0.39 is 0 Å². The first-order valence-electron chi connectivity index (χ1n) is 7.33. The zero-order chi connectivity index (χ0) is 15.2. The van der Waals surface area contributed by atoms with Crippen LogP contribution in [0.15, 0.2) is 5.28 Å². The summed E-state index contributed by atoms with van der Waals surface area (Å²) in [5.41, 5.74) is 5.40. The van der Waals surface area contributed by atoms with Gasteiger partial charge in [0.1, 0.15) is 0 Å². The van der Waals surface area contributed by atoms with Crippen molar-refractivity contribution in [2.45, 2.75) is 39.2 Å². The average Bonchev–Trinajstić information content (AvgIpc) is 2.43. The van der Waals surface area contributed by atoms with Crippen LogP contribution in [0.5, 0.6) is 0 Å². The van der Waals surface area contributed by atoms with E-state index >= 15 is 0 Å². The Balaban J connectivity index is 3.80. The van der Waals surface area contributed by atoms with Gasteiger partial charge in [0.05, 0.1) is 18.1 Å². The summed E-state index contributed by atoms with van der Waals surface area (Å²) in [6, 6.07) is 0.432. The Morgan fingerprint density at radius 1 is 1.20 bits per heavy atom. The van der Waals surface area contributed by atoms with E-state index in [1.807, 2.05) is 0 Å². The van der Waals surface area contributed by atoms with E-state index in [2.05, 4.69) is 29.8 Å². The van der Waals surface area contributed by atoms with Crippen LogP contribution in [0.2, 0.25) is 0 Å². The van der Waals surface area contributed by atoms with Crippen LogP contribution < -0.4 is 16.4 Å². The molecule has 0 unspecified atom stereocenters. The molecule has 0 aromatic rings. The lowest BCUT2D eigenvalue weighted by atomic mass is 10.3. The molecule has 0 aromatic heterocycles. The molecule has 20 heavy (non-hydrogen) atoms. The Hall–Kier alpha value is -1.12. The summed E-state index contributed by atoms with van der Waals surface area (Å²) in [6.07, 6.45) is 2.59. The average molecular weight is 290 g/mol. The smallest absolute Gasteiger partial charge is 0.230 e. The summed E-state index contributed by atoms with van der Waals surface area (Å²) in [5, 5.41) is 30.7. The van der Waals surface area contributed by atoms with Gasteiger partial charge in [0, 0.05) is 6.04 Å². The van der Waals surface area contributed by atoms with Crippen molar-refractivity contribution in [1.29, 1.82) is 0 Å². The molecule has 0 bridgehead atoms. The first-order valence-corrected chi connectivity index (χ1v) is 7.33. The summed E-state index contributed by atoms with van der Waals surface area (Å²) in [4.78, 5) is 0.259. The standard InChI is InChI=1S/C12H30N6O2/c1-12(2)15-9-5-11-17(18(20)16-19)10-4-8-14-7-3-6-13/h12,14-15,19H,3-11,13H2,1-2H3/b18-16-. The molecule has 120 valence electrons. The van der Waals surface area contributed by atoms with Crippen LogP contribution in [-0.2, 0) is 0 Å². The van der Waals surface area contributed by atoms with E-state index in [4.69, 9.17) is 10.9 Å². The van der Waals surface area contributed by atoms with Crippen molar-refractivity contribution < 1.29 is 10.2 Å². The van der Waals surface area contributed by atoms with Crippen molar-refractivity contribution in [3.05, 3.63) is 5.21 Å². The molecular weight excluding hydrogens is 260 g/mol. The molecule has 0 fully saturated rings. The second-order valence-electron chi connectivity index (χ2n) is 5.00. The minimum atomic E-state index is 0.259. The van der Waals surface area contributed by atoms with Gasteiger partial charge in [0.2, 0.25) is 5.28 Å². The number of nitrogens with one attached hydrogen (secondary N) is 2. The Morgan fingerprint density at radius 3 is 2.35 bits per heavy atom. The van der Waals surface area contributed by atoms with Crippen LogP contribution in [0.3, 0.4) is 0 Å². The lowest BCUT2D eigenvalue weighted by molar-refractivity contribution is -0.709. The second-order valence-corrected chi connectivity index (χ2v) is 5.00. The van der Waals surface area contributed by atoms with Crippen molar-refractivity contribution in [2.24, 2.45) is 11.0 Å². The molecule has 0 rings (SSSR count). The summed E-state index contributed by atoms with van der Waals surface area (Å²) in [7, 11) is 0. The molecule has 5 N–H and O–H groups in total. The van der Waals surface area contributed by atoms with E-state index in [-0.39, 0.29) is 4.97 Å². The summed E-state index contributed by atoms with van der Waals surface area (Å²) in [5.74, 6) is 0. The van der Waals surface area contributed by atoms with Crippen LogP contribution >= 0.6 is 0 Å². The first kappa shape index (κ1) is 18.9. The lowest BCUT2D eigenvalue weighted by Gasteiger charge is -2.18. The number of nitrogens with two attached hydrogens (primary N) is 1. The summed E-state index contributed by atoms with van der Waals surface area (Å²) in [6.45, 7) is 8.50. The van der Waals surface area contributed by atoms with Crippen molar-refractivity contribution in [2.75, 3.05) is 39.3 Å². The molecule has 8 nitrogen and oxygen atoms in total. The maximum Gasteiger partial charge on any atom is 0.230 e. The number of nitrogens with zero attached hydrogens (tertiary/aromatic N) is 3. The van der Waals surface area contributed by atoms with Crippen molar-refractivity contribution in [3.63, 3.8) is 0 Å². The van der Waals surface area contributed by atoms with Crippen molar-refractivity contribution >= 4 is 0 Å². The highest BCUT2D eigenvalue weighted by Crippen LogP contribution is 1.96. The van der Waals surface area contributed by atoms with Crippen molar-refractivity contribution in [1.82, 2.24) is 15.6 Å². The number of hydrogen-bond donors (Lipinski definition) is 4. The quantitative estimate of drug-likeness (QED) is 0.168. The highest BCUT2D eigenvalue weighted by atomic mass is 16.6. The van der Waals surface area contributed by atoms with E-state index in [9.17, 15) is 5.21 Å². The fourth-order valence-corrected chi connectivity index (χ4v) is 1.73. The van der Waals surface area contributed by atoms with Crippen LogP contribution in [0, 0.1) is 5.21 Å². The Bertz CT molecular complexity index is 250. The largest absolute Gasteiger partial charge is 0.569 e. The number of rotatable bonds is 13. The summed E-state index contributed by atoms with van der Waals surface area (Å²) >= 11 is 0. The molecule has 0 spiro atoms. The highest BCUT2D eigenvalue weighted by Gasteiger charge is 2.11. The molecule has 0 aliphatic heterocycles. The van der Waals surface area contributed by atoms with Crippen LogP contribution in [-0.4, -0.2) is 60.5 Å². The van der Waals surface area contributed by atoms with Gasteiger partial charge in [0.15, 0.2) is 0 Å². The molecule has 0 aliphatic carbocycles. The molecule has 0 atom stereocenters. The van der Waals surface area contributed by atoms with Gasteiger partial charge < -0.3 is 26.8 Å².